The molecule has 3 aromatic rings. The Labute approximate surface area is 224 Å². The van der Waals surface area contributed by atoms with Crippen LogP contribution < -0.4 is 0 Å². The lowest BCUT2D eigenvalue weighted by Gasteiger charge is -2.24. The molecule has 1 amide bonds. The second kappa shape index (κ2) is 11.1. The maximum Gasteiger partial charge on any atom is 0.416 e. The van der Waals surface area contributed by atoms with Crippen LogP contribution in [-0.2, 0) is 22.4 Å². The summed E-state index contributed by atoms with van der Waals surface area (Å²) in [6, 6.07) is 11.1. The molecule has 8 nitrogen and oxygen atoms in total. The third-order valence-corrected chi connectivity index (χ3v) is 6.09. The lowest BCUT2D eigenvalue weighted by atomic mass is 10.1. The number of aromatic nitrogens is 2. The van der Waals surface area contributed by atoms with Crippen molar-refractivity contribution in [3.8, 4) is 11.4 Å². The summed E-state index contributed by atoms with van der Waals surface area (Å²) in [5.41, 5.74) is 1.68. The van der Waals surface area contributed by atoms with Crippen LogP contribution in [0.5, 0.6) is 0 Å². The van der Waals surface area contributed by atoms with Gasteiger partial charge in [0, 0.05) is 18.7 Å². The SMILES string of the molecule is C/C(=N\OCc1cc(C)cc(C(F)(F)F)c1)c1ccc(-c2noc([C@@H]3CCN(C(=O)OC(C)(C)C)C3)n2)cc1. The van der Waals surface area contributed by atoms with Crippen molar-refractivity contribution in [1.82, 2.24) is 15.0 Å². The van der Waals surface area contributed by atoms with Crippen molar-refractivity contribution in [3.05, 3.63) is 70.6 Å². The van der Waals surface area contributed by atoms with Crippen molar-refractivity contribution >= 4 is 11.8 Å². The zero-order chi connectivity index (χ0) is 28.4. The number of hydrogen-bond acceptors (Lipinski definition) is 7. The highest BCUT2D eigenvalue weighted by Crippen LogP contribution is 2.31. The summed E-state index contributed by atoms with van der Waals surface area (Å²) in [6.45, 7) is 9.76. The number of amides is 1. The van der Waals surface area contributed by atoms with Gasteiger partial charge in [0.2, 0.25) is 11.7 Å². The van der Waals surface area contributed by atoms with Gasteiger partial charge in [-0.1, -0.05) is 46.2 Å². The Balaban J connectivity index is 1.35. The Kier molecular flexibility index (Phi) is 7.99. The van der Waals surface area contributed by atoms with Crippen LogP contribution in [0.1, 0.15) is 68.2 Å². The molecule has 39 heavy (non-hydrogen) atoms. The standard InChI is InChI=1S/C28H31F3N4O4/c1-17-12-19(14-23(13-17)28(29,30)31)16-37-33-18(2)20-6-8-21(9-7-20)24-32-25(39-34-24)22-10-11-35(15-22)26(36)38-27(3,4)5/h6-9,12-14,22H,10-11,15-16H2,1-5H3/b33-18+/t22-/m1/s1. The van der Waals surface area contributed by atoms with Gasteiger partial charge in [0.05, 0.1) is 17.2 Å². The summed E-state index contributed by atoms with van der Waals surface area (Å²) in [6.07, 6.45) is -4.07. The van der Waals surface area contributed by atoms with E-state index in [4.69, 9.17) is 14.1 Å². The highest BCUT2D eigenvalue weighted by Gasteiger charge is 2.34. The fraction of sp³-hybridized carbons (Fsp3) is 0.429. The molecule has 0 spiro atoms. The first kappa shape index (κ1) is 28.1. The Hall–Kier alpha value is -3.89. The minimum Gasteiger partial charge on any atom is -0.444 e. The molecule has 0 N–H and O–H groups in total. The number of nitrogens with zero attached hydrogens (tertiary/aromatic N) is 4. The molecule has 1 fully saturated rings. The van der Waals surface area contributed by atoms with Gasteiger partial charge in [-0.3, -0.25) is 0 Å². The molecule has 1 saturated heterocycles. The maximum absolute atomic E-state index is 13.0. The Morgan fingerprint density at radius 2 is 1.87 bits per heavy atom. The van der Waals surface area contributed by atoms with E-state index < -0.39 is 17.3 Å². The number of oxime groups is 1. The number of benzene rings is 2. The van der Waals surface area contributed by atoms with E-state index in [0.29, 0.717) is 48.1 Å². The van der Waals surface area contributed by atoms with E-state index in [0.717, 1.165) is 23.3 Å². The van der Waals surface area contributed by atoms with Crippen LogP contribution in [0.4, 0.5) is 18.0 Å². The van der Waals surface area contributed by atoms with E-state index in [2.05, 4.69) is 15.3 Å². The summed E-state index contributed by atoms with van der Waals surface area (Å²) in [5.74, 6) is 0.833. The topological polar surface area (TPSA) is 90.1 Å². The summed E-state index contributed by atoms with van der Waals surface area (Å²) in [5, 5.41) is 8.15. The number of halogens is 3. The summed E-state index contributed by atoms with van der Waals surface area (Å²) >= 11 is 0. The molecule has 208 valence electrons. The van der Waals surface area contributed by atoms with Crippen LogP contribution in [-0.4, -0.2) is 45.5 Å². The largest absolute Gasteiger partial charge is 0.444 e. The van der Waals surface area contributed by atoms with Gasteiger partial charge in [-0.2, -0.15) is 18.2 Å². The van der Waals surface area contributed by atoms with Gasteiger partial charge >= 0.3 is 12.3 Å². The Morgan fingerprint density at radius 3 is 2.54 bits per heavy atom. The molecule has 1 aliphatic heterocycles. The molecule has 4 rings (SSSR count). The van der Waals surface area contributed by atoms with Crippen molar-refractivity contribution in [2.45, 2.75) is 65.3 Å². The molecule has 0 aliphatic carbocycles. The molecule has 0 bridgehead atoms. The molecular weight excluding hydrogens is 513 g/mol. The van der Waals surface area contributed by atoms with Crippen molar-refractivity contribution < 1.29 is 32.1 Å². The van der Waals surface area contributed by atoms with E-state index in [9.17, 15) is 18.0 Å². The van der Waals surface area contributed by atoms with Gasteiger partial charge in [-0.05, 0) is 64.3 Å². The predicted octanol–water partition coefficient (Wildman–Crippen LogP) is 6.73. The fourth-order valence-electron chi connectivity index (χ4n) is 4.20. The lowest BCUT2D eigenvalue weighted by molar-refractivity contribution is -0.137. The Bertz CT molecular complexity index is 1340. The first-order valence-electron chi connectivity index (χ1n) is 12.5. The summed E-state index contributed by atoms with van der Waals surface area (Å²) < 4.78 is 50.1. The van der Waals surface area contributed by atoms with Crippen LogP contribution in [0.3, 0.4) is 0 Å². The van der Waals surface area contributed by atoms with Crippen LogP contribution >= 0.6 is 0 Å². The van der Waals surface area contributed by atoms with E-state index >= 15 is 0 Å². The minimum atomic E-state index is -4.42. The first-order chi connectivity index (χ1) is 18.3. The molecular formula is C28H31F3N4O4. The number of rotatable bonds is 6. The van der Waals surface area contributed by atoms with Crippen LogP contribution in [0.2, 0.25) is 0 Å². The molecule has 0 saturated carbocycles. The van der Waals surface area contributed by atoms with Crippen LogP contribution in [0, 0.1) is 6.92 Å². The van der Waals surface area contributed by atoms with E-state index in [1.54, 1.807) is 24.8 Å². The normalized spacial score (nSPS) is 16.5. The fourth-order valence-corrected chi connectivity index (χ4v) is 4.20. The highest BCUT2D eigenvalue weighted by atomic mass is 19.4. The molecule has 1 atom stereocenters. The molecule has 1 aliphatic rings. The van der Waals surface area contributed by atoms with Crippen molar-refractivity contribution in [3.63, 3.8) is 0 Å². The Morgan fingerprint density at radius 1 is 1.15 bits per heavy atom. The van der Waals surface area contributed by atoms with E-state index in [1.165, 1.54) is 0 Å². The van der Waals surface area contributed by atoms with Gasteiger partial charge in [0.15, 0.2) is 0 Å². The number of carbonyl (C=O) groups excluding carboxylic acids is 1. The van der Waals surface area contributed by atoms with Gasteiger partial charge in [-0.25, -0.2) is 4.79 Å². The second-order valence-electron chi connectivity index (χ2n) is 10.6. The molecule has 11 heteroatoms. The van der Waals surface area contributed by atoms with Crippen molar-refractivity contribution in [2.75, 3.05) is 13.1 Å². The van der Waals surface area contributed by atoms with Gasteiger partial charge in [0.1, 0.15) is 12.2 Å². The lowest BCUT2D eigenvalue weighted by Crippen LogP contribution is -2.35. The zero-order valence-corrected chi connectivity index (χ0v) is 22.5. The molecule has 2 heterocycles. The smallest absolute Gasteiger partial charge is 0.416 e. The predicted molar refractivity (Wildman–Crippen MR) is 138 cm³/mol. The molecule has 2 aromatic carbocycles. The summed E-state index contributed by atoms with van der Waals surface area (Å²) in [7, 11) is 0. The van der Waals surface area contributed by atoms with Crippen LogP contribution in [0.15, 0.2) is 52.1 Å². The van der Waals surface area contributed by atoms with Gasteiger partial charge in [0.25, 0.3) is 0 Å². The first-order valence-corrected chi connectivity index (χ1v) is 12.5. The number of carbonyl (C=O) groups is 1. The van der Waals surface area contributed by atoms with Crippen LogP contribution in [0.25, 0.3) is 11.4 Å². The quantitative estimate of drug-likeness (QED) is 0.253. The van der Waals surface area contributed by atoms with Crippen molar-refractivity contribution in [1.29, 1.82) is 0 Å². The molecule has 0 unspecified atom stereocenters. The highest BCUT2D eigenvalue weighted by molar-refractivity contribution is 5.98. The molecule has 0 radical (unpaired) electrons. The number of alkyl halides is 3. The number of likely N-dealkylation sites (tertiary alicyclic amines) is 1. The van der Waals surface area contributed by atoms with E-state index in [-0.39, 0.29) is 18.6 Å². The van der Waals surface area contributed by atoms with E-state index in [1.807, 2.05) is 45.0 Å². The number of hydrogen-bond donors (Lipinski definition) is 0. The second-order valence-corrected chi connectivity index (χ2v) is 10.6. The zero-order valence-electron chi connectivity index (χ0n) is 22.5. The van der Waals surface area contributed by atoms with Gasteiger partial charge < -0.3 is 19.0 Å². The minimum absolute atomic E-state index is 0.0646. The third kappa shape index (κ3) is 7.36. The molecule has 1 aromatic heterocycles. The van der Waals surface area contributed by atoms with Gasteiger partial charge in [-0.15, -0.1) is 0 Å². The monoisotopic (exact) mass is 544 g/mol. The average molecular weight is 545 g/mol. The summed E-state index contributed by atoms with van der Waals surface area (Å²) in [4.78, 5) is 23.8. The number of ether oxygens (including phenoxy) is 1. The van der Waals surface area contributed by atoms with Crippen molar-refractivity contribution in [2.24, 2.45) is 5.16 Å². The maximum atomic E-state index is 13.0. The number of aryl methyl sites for hydroxylation is 1. The average Bonchev–Trinajstić information content (AvgIpc) is 3.52. The third-order valence-electron chi connectivity index (χ3n) is 6.09.